The molecule has 1 amide bonds. The summed E-state index contributed by atoms with van der Waals surface area (Å²) < 4.78 is 5.40. The molecule has 0 aliphatic rings. The van der Waals surface area contributed by atoms with Crippen LogP contribution >= 0.6 is 0 Å². The number of nitrogens with one attached hydrogen (secondary N) is 2. The molecule has 1 aromatic carbocycles. The Morgan fingerprint density at radius 2 is 2.00 bits per heavy atom. The molecule has 5 nitrogen and oxygen atoms in total. The van der Waals surface area contributed by atoms with E-state index in [1.165, 1.54) is 0 Å². The van der Waals surface area contributed by atoms with E-state index in [0.29, 0.717) is 11.3 Å². The van der Waals surface area contributed by atoms with E-state index in [9.17, 15) is 4.79 Å². The highest BCUT2D eigenvalue weighted by molar-refractivity contribution is 5.95. The number of H-pyrrole nitrogens is 1. The lowest BCUT2D eigenvalue weighted by Gasteiger charge is -2.11. The number of aryl methyl sites for hydroxylation is 2. The average molecular weight is 309 g/mol. The molecular weight excluding hydrogens is 290 g/mol. The van der Waals surface area contributed by atoms with Crippen molar-refractivity contribution in [3.05, 3.63) is 65.5 Å². The van der Waals surface area contributed by atoms with Gasteiger partial charge in [0.05, 0.1) is 23.5 Å². The fourth-order valence-corrected chi connectivity index (χ4v) is 2.52. The Morgan fingerprint density at radius 1 is 1.26 bits per heavy atom. The number of imidazole rings is 1. The second-order valence-corrected chi connectivity index (χ2v) is 5.57. The van der Waals surface area contributed by atoms with E-state index in [0.717, 1.165) is 22.8 Å². The van der Waals surface area contributed by atoms with Gasteiger partial charge in [0.1, 0.15) is 17.3 Å². The third kappa shape index (κ3) is 3.18. The summed E-state index contributed by atoms with van der Waals surface area (Å²) in [5, 5.41) is 2.94. The Kier molecular flexibility index (Phi) is 4.02. The number of hydrogen-bond acceptors (Lipinski definition) is 3. The number of aromatic nitrogens is 2. The molecule has 23 heavy (non-hydrogen) atoms. The molecular formula is C18H19N3O2. The number of carbonyl (C=O) groups excluding carboxylic acids is 1. The first kappa shape index (κ1) is 15.1. The Labute approximate surface area is 134 Å². The first-order chi connectivity index (χ1) is 11.0. The van der Waals surface area contributed by atoms with E-state index in [-0.39, 0.29) is 11.9 Å². The van der Waals surface area contributed by atoms with Gasteiger partial charge in [0.2, 0.25) is 0 Å². The van der Waals surface area contributed by atoms with E-state index in [1.54, 1.807) is 19.2 Å². The van der Waals surface area contributed by atoms with Crippen LogP contribution in [0.1, 0.15) is 40.7 Å². The van der Waals surface area contributed by atoms with Gasteiger partial charge < -0.3 is 14.7 Å². The van der Waals surface area contributed by atoms with Gasteiger partial charge in [-0.05, 0) is 32.4 Å². The maximum Gasteiger partial charge on any atom is 0.255 e. The Morgan fingerprint density at radius 3 is 2.65 bits per heavy atom. The summed E-state index contributed by atoms with van der Waals surface area (Å²) in [5.74, 6) is 1.90. The average Bonchev–Trinajstić information content (AvgIpc) is 3.15. The molecule has 0 saturated heterocycles. The second kappa shape index (κ2) is 6.12. The number of hydrogen-bond donors (Lipinski definition) is 2. The molecule has 3 aromatic rings. The number of carbonyl (C=O) groups is 1. The molecule has 5 heteroatoms. The quantitative estimate of drug-likeness (QED) is 0.770. The molecule has 0 spiro atoms. The Bertz CT molecular complexity index is 818. The monoisotopic (exact) mass is 309 g/mol. The summed E-state index contributed by atoms with van der Waals surface area (Å²) >= 11 is 0. The predicted octanol–water partition coefficient (Wildman–Crippen LogP) is 3.78. The van der Waals surface area contributed by atoms with Crippen LogP contribution in [0.5, 0.6) is 0 Å². The number of nitrogens with zero attached hydrogens (tertiary/aromatic N) is 1. The van der Waals surface area contributed by atoms with Gasteiger partial charge in [0, 0.05) is 0 Å². The molecule has 2 aromatic heterocycles. The van der Waals surface area contributed by atoms with Gasteiger partial charge in [-0.25, -0.2) is 4.98 Å². The molecule has 0 bridgehead atoms. The summed E-state index contributed by atoms with van der Waals surface area (Å²) in [7, 11) is 0. The van der Waals surface area contributed by atoms with Gasteiger partial charge in [-0.1, -0.05) is 30.3 Å². The SMILES string of the molecule is Cc1cc(C(=O)N[C@@H](C)c2ncc(-c3ccccc3)[nH]2)c(C)o1. The lowest BCUT2D eigenvalue weighted by molar-refractivity contribution is 0.0937. The zero-order valence-electron chi connectivity index (χ0n) is 13.4. The van der Waals surface area contributed by atoms with Crippen molar-refractivity contribution in [1.82, 2.24) is 15.3 Å². The molecule has 3 rings (SSSR count). The minimum absolute atomic E-state index is 0.162. The minimum Gasteiger partial charge on any atom is -0.466 e. The molecule has 118 valence electrons. The molecule has 1 atom stereocenters. The van der Waals surface area contributed by atoms with E-state index in [4.69, 9.17) is 4.42 Å². The van der Waals surface area contributed by atoms with Crippen LogP contribution in [-0.4, -0.2) is 15.9 Å². The molecule has 0 unspecified atom stereocenters. The highest BCUT2D eigenvalue weighted by Gasteiger charge is 2.18. The van der Waals surface area contributed by atoms with Gasteiger partial charge in [0.25, 0.3) is 5.91 Å². The Balaban J connectivity index is 1.74. The lowest BCUT2D eigenvalue weighted by Crippen LogP contribution is -2.27. The van der Waals surface area contributed by atoms with Crippen LogP contribution in [0.3, 0.4) is 0 Å². The summed E-state index contributed by atoms with van der Waals surface area (Å²) in [4.78, 5) is 20.0. The first-order valence-electron chi connectivity index (χ1n) is 7.53. The number of rotatable bonds is 4. The molecule has 2 N–H and O–H groups in total. The predicted molar refractivity (Wildman–Crippen MR) is 88.1 cm³/mol. The van der Waals surface area contributed by atoms with Crippen LogP contribution in [-0.2, 0) is 0 Å². The zero-order valence-corrected chi connectivity index (χ0v) is 13.4. The fraction of sp³-hybridized carbons (Fsp3) is 0.222. The van der Waals surface area contributed by atoms with Crippen molar-refractivity contribution in [2.45, 2.75) is 26.8 Å². The fourth-order valence-electron chi connectivity index (χ4n) is 2.52. The number of aromatic amines is 1. The molecule has 0 radical (unpaired) electrons. The van der Waals surface area contributed by atoms with Gasteiger partial charge in [-0.3, -0.25) is 4.79 Å². The van der Waals surface area contributed by atoms with Crippen LogP contribution in [0, 0.1) is 13.8 Å². The highest BCUT2D eigenvalue weighted by atomic mass is 16.3. The van der Waals surface area contributed by atoms with Crippen molar-refractivity contribution < 1.29 is 9.21 Å². The summed E-state index contributed by atoms with van der Waals surface area (Å²) in [5.41, 5.74) is 2.55. The van der Waals surface area contributed by atoms with Crippen LogP contribution in [0.2, 0.25) is 0 Å². The van der Waals surface area contributed by atoms with Gasteiger partial charge >= 0.3 is 0 Å². The maximum atomic E-state index is 12.3. The normalized spacial score (nSPS) is 12.1. The maximum absolute atomic E-state index is 12.3. The molecule has 2 heterocycles. The molecule has 0 aliphatic carbocycles. The molecule has 0 aliphatic heterocycles. The summed E-state index contributed by atoms with van der Waals surface area (Å²) in [6, 6.07) is 11.5. The highest BCUT2D eigenvalue weighted by Crippen LogP contribution is 2.20. The van der Waals surface area contributed by atoms with E-state index in [1.807, 2.05) is 44.2 Å². The standard InChI is InChI=1S/C18H19N3O2/c1-11-9-15(13(3)23-11)18(22)20-12(2)17-19-10-16(21-17)14-7-5-4-6-8-14/h4-10,12H,1-3H3,(H,19,21)(H,20,22)/t12-/m0/s1. The largest absolute Gasteiger partial charge is 0.466 e. The zero-order chi connectivity index (χ0) is 16.4. The van der Waals surface area contributed by atoms with Crippen LogP contribution < -0.4 is 5.32 Å². The number of benzene rings is 1. The van der Waals surface area contributed by atoms with Crippen molar-refractivity contribution >= 4 is 5.91 Å². The smallest absolute Gasteiger partial charge is 0.255 e. The molecule has 0 fully saturated rings. The van der Waals surface area contributed by atoms with Crippen molar-refractivity contribution in [3.8, 4) is 11.3 Å². The third-order valence-electron chi connectivity index (χ3n) is 3.72. The second-order valence-electron chi connectivity index (χ2n) is 5.57. The first-order valence-corrected chi connectivity index (χ1v) is 7.53. The van der Waals surface area contributed by atoms with Crippen LogP contribution in [0.4, 0.5) is 0 Å². The number of amides is 1. The molecule has 0 saturated carbocycles. The van der Waals surface area contributed by atoms with E-state index < -0.39 is 0 Å². The Hall–Kier alpha value is -2.82. The third-order valence-corrected chi connectivity index (χ3v) is 3.72. The van der Waals surface area contributed by atoms with Crippen LogP contribution in [0.25, 0.3) is 11.3 Å². The topological polar surface area (TPSA) is 70.9 Å². The van der Waals surface area contributed by atoms with Gasteiger partial charge in [-0.2, -0.15) is 0 Å². The van der Waals surface area contributed by atoms with E-state index in [2.05, 4.69) is 15.3 Å². The van der Waals surface area contributed by atoms with Crippen molar-refractivity contribution in [2.24, 2.45) is 0 Å². The van der Waals surface area contributed by atoms with Gasteiger partial charge in [0.15, 0.2) is 0 Å². The van der Waals surface area contributed by atoms with Crippen LogP contribution in [0.15, 0.2) is 47.0 Å². The number of furan rings is 1. The summed E-state index contributed by atoms with van der Waals surface area (Å²) in [6.07, 6.45) is 1.78. The lowest BCUT2D eigenvalue weighted by atomic mass is 10.2. The van der Waals surface area contributed by atoms with Gasteiger partial charge in [-0.15, -0.1) is 0 Å². The van der Waals surface area contributed by atoms with Crippen molar-refractivity contribution in [1.29, 1.82) is 0 Å². The van der Waals surface area contributed by atoms with Crippen molar-refractivity contribution in [3.63, 3.8) is 0 Å². The van der Waals surface area contributed by atoms with Crippen molar-refractivity contribution in [2.75, 3.05) is 0 Å². The minimum atomic E-state index is -0.227. The summed E-state index contributed by atoms with van der Waals surface area (Å²) in [6.45, 7) is 5.51. The van der Waals surface area contributed by atoms with E-state index >= 15 is 0 Å².